The molecular weight excluding hydrogens is 380 g/mol. The Kier molecular flexibility index (Phi) is 25.4. The van der Waals surface area contributed by atoms with E-state index in [1.54, 1.807) is 0 Å². The van der Waals surface area contributed by atoms with Crippen LogP contribution in [-0.2, 0) is 4.79 Å². The Balaban J connectivity index is 3.22. The topological polar surface area (TPSA) is 37.3 Å². The number of aliphatic carboxylic acids is 1. The van der Waals surface area contributed by atoms with Crippen molar-refractivity contribution in [1.29, 1.82) is 0 Å². The van der Waals surface area contributed by atoms with Crippen molar-refractivity contribution in [2.75, 3.05) is 0 Å². The van der Waals surface area contributed by atoms with Crippen LogP contribution in [-0.4, -0.2) is 11.1 Å². The highest BCUT2D eigenvalue weighted by Gasteiger charge is 1.96. The normalized spacial score (nSPS) is 10.2. The minimum Gasteiger partial charge on any atom is -0.481 e. The Morgan fingerprint density at radius 3 is 1.19 bits per heavy atom. The van der Waals surface area contributed by atoms with E-state index in [9.17, 15) is 4.79 Å². The number of rotatable bonds is 22. The van der Waals surface area contributed by atoms with Crippen LogP contribution in [0.5, 0.6) is 0 Å². The summed E-state index contributed by atoms with van der Waals surface area (Å²) in [7, 11) is 0. The summed E-state index contributed by atoms with van der Waals surface area (Å²) in [6, 6.07) is 0. The van der Waals surface area contributed by atoms with E-state index in [1.807, 2.05) is 0 Å². The van der Waals surface area contributed by atoms with Crippen LogP contribution in [0.15, 0.2) is 0 Å². The van der Waals surface area contributed by atoms with Crippen molar-refractivity contribution in [3.8, 4) is 23.7 Å². The molecule has 178 valence electrons. The van der Waals surface area contributed by atoms with Crippen molar-refractivity contribution in [1.82, 2.24) is 0 Å². The van der Waals surface area contributed by atoms with Gasteiger partial charge in [-0.2, -0.15) is 0 Å². The zero-order valence-corrected chi connectivity index (χ0v) is 20.6. The molecule has 0 saturated carbocycles. The molecule has 0 unspecified atom stereocenters. The first kappa shape index (κ1) is 29.6. The third-order valence-corrected chi connectivity index (χ3v) is 5.84. The lowest BCUT2D eigenvalue weighted by molar-refractivity contribution is -0.137. The van der Waals surface area contributed by atoms with E-state index in [4.69, 9.17) is 5.11 Å². The predicted molar refractivity (Wildman–Crippen MR) is 135 cm³/mol. The summed E-state index contributed by atoms with van der Waals surface area (Å²) in [5.74, 6) is 11.6. The summed E-state index contributed by atoms with van der Waals surface area (Å²) in [5, 5.41) is 8.58. The summed E-state index contributed by atoms with van der Waals surface area (Å²) in [6.45, 7) is 2.28. The molecule has 0 aromatic rings. The summed E-state index contributed by atoms with van der Waals surface area (Å²) in [4.78, 5) is 10.4. The number of hydrogen-bond acceptors (Lipinski definition) is 1. The fourth-order valence-electron chi connectivity index (χ4n) is 3.82. The van der Waals surface area contributed by atoms with Crippen molar-refractivity contribution in [2.45, 2.75) is 155 Å². The quantitative estimate of drug-likeness (QED) is 0.137. The molecule has 0 amide bonds. The molecule has 0 fully saturated rings. The van der Waals surface area contributed by atoms with Crippen molar-refractivity contribution in [3.05, 3.63) is 0 Å². The zero-order chi connectivity index (χ0) is 22.7. The van der Waals surface area contributed by atoms with Crippen LogP contribution in [0.25, 0.3) is 0 Å². The van der Waals surface area contributed by atoms with Gasteiger partial charge in [0.05, 0.1) is 0 Å². The molecule has 0 aliphatic carbocycles. The second kappa shape index (κ2) is 26.6. The number of hydrogen-bond donors (Lipinski definition) is 1. The molecule has 0 rings (SSSR count). The van der Waals surface area contributed by atoms with Gasteiger partial charge in [0.1, 0.15) is 0 Å². The maximum atomic E-state index is 10.4. The molecule has 31 heavy (non-hydrogen) atoms. The largest absolute Gasteiger partial charge is 0.481 e. The molecular formula is C29H50O2. The van der Waals surface area contributed by atoms with Crippen LogP contribution < -0.4 is 0 Å². The lowest BCUT2D eigenvalue weighted by Crippen LogP contribution is -1.93. The van der Waals surface area contributed by atoms with Crippen LogP contribution >= 0.6 is 0 Å². The van der Waals surface area contributed by atoms with Gasteiger partial charge in [0.15, 0.2) is 0 Å². The molecule has 0 saturated heterocycles. The third-order valence-electron chi connectivity index (χ3n) is 5.84. The lowest BCUT2D eigenvalue weighted by atomic mass is 10.0. The number of carboxylic acid groups (broad SMARTS) is 1. The molecule has 0 atom stereocenters. The van der Waals surface area contributed by atoms with Gasteiger partial charge in [-0.25, -0.2) is 0 Å². The van der Waals surface area contributed by atoms with Crippen LogP contribution in [0.3, 0.4) is 0 Å². The predicted octanol–water partition coefficient (Wildman–Crippen LogP) is 9.07. The second-order valence-electron chi connectivity index (χ2n) is 8.96. The lowest BCUT2D eigenvalue weighted by Gasteiger charge is -2.02. The average Bonchev–Trinajstić information content (AvgIpc) is 2.76. The van der Waals surface area contributed by atoms with E-state index in [0.717, 1.165) is 38.5 Å². The van der Waals surface area contributed by atoms with E-state index in [0.29, 0.717) is 6.42 Å². The average molecular weight is 431 g/mol. The molecule has 2 heteroatoms. The van der Waals surface area contributed by atoms with Gasteiger partial charge in [0.2, 0.25) is 0 Å². The van der Waals surface area contributed by atoms with Crippen LogP contribution in [0, 0.1) is 23.7 Å². The maximum Gasteiger partial charge on any atom is 0.303 e. The van der Waals surface area contributed by atoms with Crippen molar-refractivity contribution >= 4 is 5.97 Å². The van der Waals surface area contributed by atoms with Crippen LogP contribution in [0.1, 0.15) is 155 Å². The zero-order valence-electron chi connectivity index (χ0n) is 20.6. The SMILES string of the molecule is CCCCCCCCCCCCCCCCC#CC#CCCCCCCCCC(=O)O. The van der Waals surface area contributed by atoms with E-state index < -0.39 is 5.97 Å². The highest BCUT2D eigenvalue weighted by atomic mass is 16.4. The molecule has 0 aromatic heterocycles. The smallest absolute Gasteiger partial charge is 0.303 e. The molecule has 0 aliphatic rings. The van der Waals surface area contributed by atoms with Crippen molar-refractivity contribution in [3.63, 3.8) is 0 Å². The first-order valence-corrected chi connectivity index (χ1v) is 13.4. The molecule has 2 nitrogen and oxygen atoms in total. The van der Waals surface area contributed by atoms with Crippen LogP contribution in [0.2, 0.25) is 0 Å². The Labute approximate surface area is 194 Å². The van der Waals surface area contributed by atoms with Gasteiger partial charge in [0.25, 0.3) is 0 Å². The van der Waals surface area contributed by atoms with Gasteiger partial charge in [-0.05, 0) is 31.1 Å². The van der Waals surface area contributed by atoms with E-state index in [2.05, 4.69) is 30.6 Å². The highest BCUT2D eigenvalue weighted by molar-refractivity contribution is 5.66. The standard InChI is InChI=1S/C29H50O2/c1-2-3-4-5-6-7-8-9-10-11-12-13-14-15-16-17-18-19-20-21-22-23-24-25-26-27-28-29(30)31/h2-16,21-28H2,1H3,(H,30,31). The minimum atomic E-state index is -0.680. The van der Waals surface area contributed by atoms with Gasteiger partial charge in [-0.3, -0.25) is 4.79 Å². The van der Waals surface area contributed by atoms with E-state index in [-0.39, 0.29) is 0 Å². The van der Waals surface area contributed by atoms with Crippen molar-refractivity contribution < 1.29 is 9.90 Å². The monoisotopic (exact) mass is 430 g/mol. The summed E-state index contributed by atoms with van der Waals surface area (Å²) < 4.78 is 0. The van der Waals surface area contributed by atoms with Gasteiger partial charge in [-0.15, -0.1) is 0 Å². The summed E-state index contributed by atoms with van der Waals surface area (Å²) in [5.41, 5.74) is 0. The highest BCUT2D eigenvalue weighted by Crippen LogP contribution is 2.13. The molecule has 0 aromatic carbocycles. The maximum absolute atomic E-state index is 10.4. The third kappa shape index (κ3) is 28.6. The number of carbonyl (C=O) groups is 1. The van der Waals surface area contributed by atoms with Gasteiger partial charge in [-0.1, -0.05) is 128 Å². The fraction of sp³-hybridized carbons (Fsp3) is 0.828. The Hall–Kier alpha value is -1.41. The Bertz CT molecular complexity index is 500. The number of carboxylic acids is 1. The molecule has 0 radical (unpaired) electrons. The molecule has 1 N–H and O–H groups in total. The van der Waals surface area contributed by atoms with E-state index in [1.165, 1.54) is 103 Å². The summed E-state index contributed by atoms with van der Waals surface area (Å²) >= 11 is 0. The Morgan fingerprint density at radius 2 is 0.839 bits per heavy atom. The fourth-order valence-corrected chi connectivity index (χ4v) is 3.82. The van der Waals surface area contributed by atoms with E-state index >= 15 is 0 Å². The molecule has 0 spiro atoms. The first-order chi connectivity index (χ1) is 15.3. The van der Waals surface area contributed by atoms with Gasteiger partial charge in [0, 0.05) is 19.3 Å². The number of unbranched alkanes of at least 4 members (excludes halogenated alkanes) is 20. The Morgan fingerprint density at radius 1 is 0.516 bits per heavy atom. The molecule has 0 aliphatic heterocycles. The summed E-state index contributed by atoms with van der Waals surface area (Å²) in [6.07, 6.45) is 28.3. The van der Waals surface area contributed by atoms with Gasteiger partial charge >= 0.3 is 5.97 Å². The second-order valence-corrected chi connectivity index (χ2v) is 8.96. The van der Waals surface area contributed by atoms with Crippen LogP contribution in [0.4, 0.5) is 0 Å². The van der Waals surface area contributed by atoms with Crippen molar-refractivity contribution in [2.24, 2.45) is 0 Å². The van der Waals surface area contributed by atoms with Gasteiger partial charge < -0.3 is 5.11 Å². The molecule has 0 bridgehead atoms. The first-order valence-electron chi connectivity index (χ1n) is 13.4. The molecule has 0 heterocycles. The minimum absolute atomic E-state index is 0.309.